The van der Waals surface area contributed by atoms with Gasteiger partial charge in [0.05, 0.1) is 0 Å². The van der Waals surface area contributed by atoms with E-state index in [1.54, 1.807) is 47.8 Å². The van der Waals surface area contributed by atoms with Gasteiger partial charge in [-0.2, -0.15) is 0 Å². The summed E-state index contributed by atoms with van der Waals surface area (Å²) in [4.78, 5) is 2.22. The molecule has 0 atom stereocenters. The molecule has 4 heteroatoms. The van der Waals surface area contributed by atoms with E-state index in [9.17, 15) is 10.2 Å². The van der Waals surface area contributed by atoms with Gasteiger partial charge in [-0.05, 0) is 72.2 Å². The number of phenolic OH excluding ortho intramolecular Hbond substituents is 2. The summed E-state index contributed by atoms with van der Waals surface area (Å²) in [6.07, 6.45) is 9.72. The summed E-state index contributed by atoms with van der Waals surface area (Å²) in [6, 6.07) is 8.10. The molecule has 0 radical (unpaired) electrons. The molecule has 2 N–H and O–H groups in total. The molecule has 152 valence electrons. The summed E-state index contributed by atoms with van der Waals surface area (Å²) < 4.78 is 0. The quantitative estimate of drug-likeness (QED) is 0.222. The van der Waals surface area contributed by atoms with E-state index in [2.05, 4.69) is 26.3 Å². The maximum absolute atomic E-state index is 10.4. The highest BCUT2D eigenvalue weighted by Gasteiger charge is 2.11. The largest absolute Gasteiger partial charge is 0.507 e. The van der Waals surface area contributed by atoms with Crippen LogP contribution in [0.15, 0.2) is 84.7 Å². The first-order valence-corrected chi connectivity index (χ1v) is 11.4. The van der Waals surface area contributed by atoms with Crippen LogP contribution in [-0.4, -0.2) is 15.3 Å². The van der Waals surface area contributed by atoms with E-state index in [4.69, 9.17) is 0 Å². The molecular weight excluding hydrogens is 396 g/mol. The molecule has 29 heavy (non-hydrogen) atoms. The van der Waals surface area contributed by atoms with E-state index in [0.29, 0.717) is 37.2 Å². The van der Waals surface area contributed by atoms with Crippen LogP contribution in [-0.2, 0) is 25.7 Å². The van der Waals surface area contributed by atoms with Crippen LogP contribution in [0, 0.1) is 0 Å². The number of rotatable bonds is 12. The minimum atomic E-state index is 0.337. The Kier molecular flexibility index (Phi) is 9.23. The predicted octanol–water partition coefficient (Wildman–Crippen LogP) is 6.85. The number of hydrogen-bond acceptors (Lipinski definition) is 4. The average Bonchev–Trinajstić information content (AvgIpc) is 2.69. The van der Waals surface area contributed by atoms with Gasteiger partial charge in [-0.3, -0.25) is 0 Å². The zero-order chi connectivity index (χ0) is 21.2. The Morgan fingerprint density at radius 1 is 0.586 bits per heavy atom. The number of phenols is 2. The van der Waals surface area contributed by atoms with Gasteiger partial charge >= 0.3 is 0 Å². The molecule has 0 spiro atoms. The van der Waals surface area contributed by atoms with Crippen molar-refractivity contribution in [3.8, 4) is 11.5 Å². The topological polar surface area (TPSA) is 40.5 Å². The molecule has 0 heterocycles. The summed E-state index contributed by atoms with van der Waals surface area (Å²) in [7, 11) is 0. The average molecular weight is 425 g/mol. The van der Waals surface area contributed by atoms with Gasteiger partial charge < -0.3 is 10.2 Å². The van der Waals surface area contributed by atoms with Crippen molar-refractivity contribution in [2.75, 3.05) is 5.08 Å². The summed E-state index contributed by atoms with van der Waals surface area (Å²) in [6.45, 7) is 15.1. The summed E-state index contributed by atoms with van der Waals surface area (Å²) in [5.41, 5.74) is 3.55. The lowest BCUT2D eigenvalue weighted by Crippen LogP contribution is -1.92. The maximum Gasteiger partial charge on any atom is 0.122 e. The van der Waals surface area contributed by atoms with Crippen molar-refractivity contribution in [1.82, 2.24) is 0 Å². The minimum Gasteiger partial charge on any atom is -0.507 e. The summed E-state index contributed by atoms with van der Waals surface area (Å²) >= 11 is 3.45. The van der Waals surface area contributed by atoms with E-state index in [1.807, 2.05) is 24.3 Å². The first-order valence-electron chi connectivity index (χ1n) is 9.42. The highest BCUT2D eigenvalue weighted by molar-refractivity contribution is 8.16. The third-order valence-corrected chi connectivity index (χ3v) is 6.47. The molecule has 0 aliphatic heterocycles. The molecule has 0 saturated carbocycles. The zero-order valence-corrected chi connectivity index (χ0v) is 18.3. The molecule has 0 aliphatic carbocycles. The Morgan fingerprint density at radius 3 is 1.10 bits per heavy atom. The Labute approximate surface area is 182 Å². The lowest BCUT2D eigenvalue weighted by atomic mass is 10.0. The third kappa shape index (κ3) is 6.34. The molecule has 0 saturated heterocycles. The van der Waals surface area contributed by atoms with Gasteiger partial charge in [0, 0.05) is 14.9 Å². The van der Waals surface area contributed by atoms with Crippen LogP contribution in [0.5, 0.6) is 11.5 Å². The molecule has 2 aromatic rings. The van der Waals surface area contributed by atoms with E-state index in [1.165, 1.54) is 0 Å². The fourth-order valence-corrected chi connectivity index (χ4v) is 5.26. The van der Waals surface area contributed by atoms with Crippen LogP contribution in [0.25, 0.3) is 0 Å². The van der Waals surface area contributed by atoms with E-state index >= 15 is 0 Å². The van der Waals surface area contributed by atoms with Gasteiger partial charge in [-0.1, -0.05) is 24.3 Å². The van der Waals surface area contributed by atoms with Crippen LogP contribution in [0.3, 0.4) is 0 Å². The fraction of sp³-hybridized carbons (Fsp3) is 0.200. The van der Waals surface area contributed by atoms with Crippen LogP contribution >= 0.6 is 23.5 Å². The van der Waals surface area contributed by atoms with Crippen molar-refractivity contribution in [2.24, 2.45) is 0 Å². The number of benzene rings is 2. The molecular formula is C25H28O2S2. The number of allylic oxidation sites excluding steroid dienone is 4. The van der Waals surface area contributed by atoms with Crippen molar-refractivity contribution < 1.29 is 10.2 Å². The second kappa shape index (κ2) is 11.6. The van der Waals surface area contributed by atoms with Gasteiger partial charge in [0.15, 0.2) is 0 Å². The molecule has 0 bridgehead atoms. The lowest BCUT2D eigenvalue weighted by molar-refractivity contribution is 0.463. The molecule has 0 amide bonds. The van der Waals surface area contributed by atoms with Gasteiger partial charge in [-0.15, -0.1) is 49.8 Å². The van der Waals surface area contributed by atoms with Gasteiger partial charge in [0.2, 0.25) is 0 Å². The monoisotopic (exact) mass is 424 g/mol. The molecule has 0 aliphatic rings. The second-order valence-corrected chi connectivity index (χ2v) is 9.02. The first-order chi connectivity index (χ1) is 14.0. The highest BCUT2D eigenvalue weighted by Crippen LogP contribution is 2.36. The van der Waals surface area contributed by atoms with Crippen molar-refractivity contribution in [1.29, 1.82) is 0 Å². The molecule has 0 unspecified atom stereocenters. The normalized spacial score (nSPS) is 10.5. The van der Waals surface area contributed by atoms with E-state index < -0.39 is 0 Å². The van der Waals surface area contributed by atoms with Crippen molar-refractivity contribution in [2.45, 2.75) is 35.5 Å². The van der Waals surface area contributed by atoms with Gasteiger partial charge in [-0.25, -0.2) is 0 Å². The second-order valence-electron chi connectivity index (χ2n) is 6.56. The van der Waals surface area contributed by atoms with E-state index in [-0.39, 0.29) is 0 Å². The molecule has 2 rings (SSSR count). The smallest absolute Gasteiger partial charge is 0.122 e. The Bertz CT molecular complexity index is 764. The Balaban J connectivity index is 2.18. The first kappa shape index (κ1) is 23.0. The lowest BCUT2D eigenvalue weighted by Gasteiger charge is -2.13. The maximum atomic E-state index is 10.4. The Morgan fingerprint density at radius 2 is 0.862 bits per heavy atom. The number of thioether (sulfide) groups is 2. The van der Waals surface area contributed by atoms with Crippen molar-refractivity contribution in [3.05, 3.63) is 97.1 Å². The van der Waals surface area contributed by atoms with Crippen molar-refractivity contribution in [3.63, 3.8) is 0 Å². The highest BCUT2D eigenvalue weighted by atomic mass is 32.2. The zero-order valence-electron chi connectivity index (χ0n) is 16.7. The van der Waals surface area contributed by atoms with Gasteiger partial charge in [0.25, 0.3) is 0 Å². The number of aromatic hydroxyl groups is 2. The molecule has 2 aromatic carbocycles. The summed E-state index contributed by atoms with van der Waals surface area (Å²) in [5, 5.41) is 21.7. The van der Waals surface area contributed by atoms with Crippen LogP contribution in [0.1, 0.15) is 22.3 Å². The van der Waals surface area contributed by atoms with Crippen LogP contribution < -0.4 is 0 Å². The number of hydrogen-bond donors (Lipinski definition) is 2. The van der Waals surface area contributed by atoms with E-state index in [0.717, 1.165) is 37.1 Å². The van der Waals surface area contributed by atoms with Crippen molar-refractivity contribution >= 4 is 23.5 Å². The van der Waals surface area contributed by atoms with Crippen LogP contribution in [0.2, 0.25) is 0 Å². The minimum absolute atomic E-state index is 0.337. The molecule has 2 nitrogen and oxygen atoms in total. The SMILES string of the molecule is C=CCc1cc(SCSc2cc(CC=C)c(O)c(CC=C)c2)cc(CC=C)c1O. The standard InChI is InChI=1S/C25H28O2S2/c1-5-9-18-13-22(14-19(10-6-2)24(18)26)28-17-29-23-15-20(11-7-3)25(27)21(16-23)12-8-4/h5-8,13-16,26-27H,1-4,9-12,17H2. The van der Waals surface area contributed by atoms with Crippen LogP contribution in [0.4, 0.5) is 0 Å². The fourth-order valence-electron chi connectivity index (χ4n) is 3.03. The van der Waals surface area contributed by atoms with Gasteiger partial charge in [0.1, 0.15) is 11.5 Å². The summed E-state index contributed by atoms with van der Waals surface area (Å²) in [5.74, 6) is 0.673. The third-order valence-electron chi connectivity index (χ3n) is 4.39. The molecule has 0 fully saturated rings. The molecule has 0 aromatic heterocycles. The predicted molar refractivity (Wildman–Crippen MR) is 128 cm³/mol. The Hall–Kier alpha value is -2.30.